The number of benzene rings is 5. The van der Waals surface area contributed by atoms with E-state index in [1.807, 2.05) is 54.6 Å². The largest absolute Gasteiger partial charge is 0.493 e. The maximum absolute atomic E-state index is 13.7. The number of ether oxygens (including phenoxy) is 1. The lowest BCUT2D eigenvalue weighted by atomic mass is 9.90. The number of rotatable bonds is 13. The third kappa shape index (κ3) is 7.81. The van der Waals surface area contributed by atoms with Crippen LogP contribution in [0.2, 0.25) is 5.02 Å². The van der Waals surface area contributed by atoms with E-state index in [-0.39, 0.29) is 17.5 Å². The molecule has 0 heterocycles. The molecular weight excluding hydrogens is 581 g/mol. The highest BCUT2D eigenvalue weighted by Gasteiger charge is 2.34. The summed E-state index contributed by atoms with van der Waals surface area (Å²) in [7, 11) is 0. The Hall–Kier alpha value is -3.84. The summed E-state index contributed by atoms with van der Waals surface area (Å²) in [6, 6.07) is 36.7. The van der Waals surface area contributed by atoms with Gasteiger partial charge in [0.05, 0.1) is 17.2 Å². The van der Waals surface area contributed by atoms with Gasteiger partial charge in [-0.05, 0) is 59.2 Å². The molecule has 3 nitrogen and oxygen atoms in total. The molecule has 0 fully saturated rings. The number of fused-ring (bicyclic) bond motifs is 1. The molecule has 0 bridgehead atoms. The summed E-state index contributed by atoms with van der Waals surface area (Å²) >= 11 is 6.36. The SMILES string of the molecule is NCCc1cccc2c(OCCCN(Cc3cccc(C(F)(F)F)c3Cl)CC(c3ccccc3)c3ccccc3)cccc12. The van der Waals surface area contributed by atoms with Gasteiger partial charge in [-0.25, -0.2) is 0 Å². The molecule has 0 amide bonds. The first-order valence-corrected chi connectivity index (χ1v) is 15.2. The van der Waals surface area contributed by atoms with Gasteiger partial charge in [0.15, 0.2) is 0 Å². The van der Waals surface area contributed by atoms with E-state index in [2.05, 4.69) is 47.4 Å². The van der Waals surface area contributed by atoms with Gasteiger partial charge < -0.3 is 10.5 Å². The van der Waals surface area contributed by atoms with Crippen LogP contribution in [0, 0.1) is 0 Å². The summed E-state index contributed by atoms with van der Waals surface area (Å²) in [5.41, 5.74) is 8.92. The Morgan fingerprint density at radius 2 is 1.34 bits per heavy atom. The summed E-state index contributed by atoms with van der Waals surface area (Å²) in [5, 5.41) is 1.92. The average molecular weight is 617 g/mol. The quantitative estimate of drug-likeness (QED) is 0.134. The van der Waals surface area contributed by atoms with E-state index in [0.717, 1.165) is 40.1 Å². The predicted octanol–water partition coefficient (Wildman–Crippen LogP) is 9.12. The summed E-state index contributed by atoms with van der Waals surface area (Å²) < 4.78 is 47.3. The number of halogens is 4. The van der Waals surface area contributed by atoms with Crippen molar-refractivity contribution in [3.63, 3.8) is 0 Å². The molecule has 0 radical (unpaired) electrons. The maximum Gasteiger partial charge on any atom is 0.417 e. The van der Waals surface area contributed by atoms with Gasteiger partial charge in [0.2, 0.25) is 0 Å². The van der Waals surface area contributed by atoms with Crippen molar-refractivity contribution in [2.24, 2.45) is 5.73 Å². The Balaban J connectivity index is 1.38. The first-order chi connectivity index (χ1) is 21.3. The number of nitrogens with zero attached hydrogens (tertiary/aromatic N) is 1. The van der Waals surface area contributed by atoms with E-state index in [1.165, 1.54) is 11.6 Å². The van der Waals surface area contributed by atoms with E-state index in [9.17, 15) is 13.2 Å². The van der Waals surface area contributed by atoms with Gasteiger partial charge in [0.1, 0.15) is 5.75 Å². The van der Waals surface area contributed by atoms with Crippen molar-refractivity contribution in [1.29, 1.82) is 0 Å². The first-order valence-electron chi connectivity index (χ1n) is 14.9. The zero-order valence-electron chi connectivity index (χ0n) is 24.4. The Morgan fingerprint density at radius 3 is 2.00 bits per heavy atom. The van der Waals surface area contributed by atoms with Crippen molar-refractivity contribution in [2.75, 3.05) is 26.2 Å². The zero-order chi connectivity index (χ0) is 30.9. The minimum Gasteiger partial charge on any atom is -0.493 e. The normalized spacial score (nSPS) is 11.9. The lowest BCUT2D eigenvalue weighted by molar-refractivity contribution is -0.137. The van der Waals surface area contributed by atoms with Crippen LogP contribution < -0.4 is 10.5 Å². The molecule has 228 valence electrons. The summed E-state index contributed by atoms with van der Waals surface area (Å²) in [5.74, 6) is 0.821. The van der Waals surface area contributed by atoms with Gasteiger partial charge in [-0.3, -0.25) is 4.90 Å². The Labute approximate surface area is 262 Å². The third-order valence-electron chi connectivity index (χ3n) is 7.88. The maximum atomic E-state index is 13.7. The molecule has 7 heteroatoms. The number of hydrogen-bond donors (Lipinski definition) is 1. The lowest BCUT2D eigenvalue weighted by Crippen LogP contribution is -2.31. The van der Waals surface area contributed by atoms with Crippen LogP contribution in [0.4, 0.5) is 13.2 Å². The second kappa shape index (κ2) is 14.8. The van der Waals surface area contributed by atoms with E-state index in [4.69, 9.17) is 22.1 Å². The van der Waals surface area contributed by atoms with E-state index in [0.29, 0.717) is 38.2 Å². The number of nitrogens with two attached hydrogens (primary N) is 1. The van der Waals surface area contributed by atoms with Crippen LogP contribution in [0.5, 0.6) is 5.75 Å². The topological polar surface area (TPSA) is 38.5 Å². The Morgan fingerprint density at radius 1 is 0.727 bits per heavy atom. The van der Waals surface area contributed by atoms with Crippen molar-refractivity contribution >= 4 is 22.4 Å². The minimum atomic E-state index is -4.52. The second-order valence-corrected chi connectivity index (χ2v) is 11.3. The van der Waals surface area contributed by atoms with Crippen molar-refractivity contribution in [1.82, 2.24) is 4.90 Å². The van der Waals surface area contributed by atoms with Gasteiger partial charge in [0.25, 0.3) is 0 Å². The van der Waals surface area contributed by atoms with Gasteiger partial charge in [-0.2, -0.15) is 13.2 Å². The molecule has 0 aliphatic heterocycles. The van der Waals surface area contributed by atoms with Crippen LogP contribution in [-0.4, -0.2) is 31.1 Å². The van der Waals surface area contributed by atoms with E-state index in [1.54, 1.807) is 6.07 Å². The summed E-state index contributed by atoms with van der Waals surface area (Å²) in [4.78, 5) is 2.18. The van der Waals surface area contributed by atoms with Crippen LogP contribution in [0.15, 0.2) is 115 Å². The fourth-order valence-electron chi connectivity index (χ4n) is 5.74. The zero-order valence-corrected chi connectivity index (χ0v) is 25.2. The first kappa shape index (κ1) is 31.6. The van der Waals surface area contributed by atoms with Crippen molar-refractivity contribution in [2.45, 2.75) is 31.5 Å². The lowest BCUT2D eigenvalue weighted by Gasteiger charge is -2.29. The standard InChI is InChI=1S/C37H36ClF3N2O/c38-36-30(16-8-19-34(36)37(39,40)41)25-43(26-33(27-11-3-1-4-12-27)28-13-5-2-6-14-28)23-10-24-44-35-20-9-17-31-29(21-22-42)15-7-18-32(31)35/h1-9,11-20,33H,10,21-26,42H2. The fraction of sp³-hybridized carbons (Fsp3) is 0.243. The molecule has 2 N–H and O–H groups in total. The highest BCUT2D eigenvalue weighted by molar-refractivity contribution is 6.32. The van der Waals surface area contributed by atoms with Crippen molar-refractivity contribution in [3.05, 3.63) is 148 Å². The molecular formula is C37H36ClF3N2O. The van der Waals surface area contributed by atoms with Crippen LogP contribution in [0.1, 0.15) is 40.2 Å². The van der Waals surface area contributed by atoms with Crippen LogP contribution in [0.3, 0.4) is 0 Å². The van der Waals surface area contributed by atoms with Crippen molar-refractivity contribution in [3.8, 4) is 5.75 Å². The fourth-order valence-corrected chi connectivity index (χ4v) is 6.04. The predicted molar refractivity (Wildman–Crippen MR) is 173 cm³/mol. The van der Waals surface area contributed by atoms with Gasteiger partial charge in [-0.15, -0.1) is 0 Å². The third-order valence-corrected chi connectivity index (χ3v) is 8.33. The smallest absolute Gasteiger partial charge is 0.417 e. The van der Waals surface area contributed by atoms with Crippen molar-refractivity contribution < 1.29 is 17.9 Å². The molecule has 0 saturated carbocycles. The Bertz CT molecular complexity index is 1600. The highest BCUT2D eigenvalue weighted by atomic mass is 35.5. The molecule has 44 heavy (non-hydrogen) atoms. The number of alkyl halides is 3. The minimum absolute atomic E-state index is 0.0157. The van der Waals surface area contributed by atoms with Gasteiger partial charge in [-0.1, -0.05) is 115 Å². The monoisotopic (exact) mass is 616 g/mol. The Kier molecular flexibility index (Phi) is 10.6. The molecule has 0 aromatic heterocycles. The van der Waals surface area contributed by atoms with E-state index < -0.39 is 11.7 Å². The molecule has 5 aromatic carbocycles. The summed E-state index contributed by atoms with van der Waals surface area (Å²) in [6.07, 6.45) is -3.06. The highest BCUT2D eigenvalue weighted by Crippen LogP contribution is 2.37. The second-order valence-electron chi connectivity index (χ2n) is 10.9. The molecule has 0 aliphatic carbocycles. The van der Waals surface area contributed by atoms with Crippen LogP contribution in [-0.2, 0) is 19.1 Å². The molecule has 0 unspecified atom stereocenters. The number of hydrogen-bond acceptors (Lipinski definition) is 3. The molecule has 0 atom stereocenters. The molecule has 0 aliphatic rings. The van der Waals surface area contributed by atoms with E-state index >= 15 is 0 Å². The van der Waals surface area contributed by atoms with Gasteiger partial charge in [0, 0.05) is 30.9 Å². The molecule has 0 saturated heterocycles. The molecule has 5 aromatic rings. The van der Waals surface area contributed by atoms with Crippen LogP contribution in [0.25, 0.3) is 10.8 Å². The summed E-state index contributed by atoms with van der Waals surface area (Å²) in [6.45, 7) is 2.50. The molecule has 5 rings (SSSR count). The van der Waals surface area contributed by atoms with Crippen LogP contribution >= 0.6 is 11.6 Å². The average Bonchev–Trinajstić information content (AvgIpc) is 3.03. The molecule has 0 spiro atoms. The van der Waals surface area contributed by atoms with Gasteiger partial charge >= 0.3 is 6.18 Å².